The van der Waals surface area contributed by atoms with Crippen molar-refractivity contribution in [3.8, 4) is 0 Å². The maximum absolute atomic E-state index is 5.17. The number of ether oxygens (including phenoxy) is 1. The molecule has 0 rings (SSSR count). The van der Waals surface area contributed by atoms with Crippen LogP contribution in [-0.4, -0.2) is 18.3 Å². The Kier molecular flexibility index (Phi) is 4.40. The molecule has 0 aliphatic heterocycles. The van der Waals surface area contributed by atoms with E-state index in [0.29, 0.717) is 5.17 Å². The summed E-state index contributed by atoms with van der Waals surface area (Å²) in [4.78, 5) is 0. The summed E-state index contributed by atoms with van der Waals surface area (Å²) in [6, 6.07) is 0. The van der Waals surface area contributed by atoms with Gasteiger partial charge in [0.1, 0.15) is 0 Å². The molecule has 0 aromatic rings. The quantitative estimate of drug-likeness (QED) is 0.595. The van der Waals surface area contributed by atoms with E-state index in [0.717, 1.165) is 6.42 Å². The first-order valence-electron chi connectivity index (χ1n) is 3.09. The molecule has 0 aliphatic rings. The van der Waals surface area contributed by atoms with E-state index in [4.69, 9.17) is 17.0 Å². The van der Waals surface area contributed by atoms with Crippen LogP contribution in [-0.2, 0) is 4.74 Å². The molecule has 0 aromatic heterocycles. The van der Waals surface area contributed by atoms with Crippen LogP contribution in [0.4, 0.5) is 0 Å². The van der Waals surface area contributed by atoms with Crippen molar-refractivity contribution in [2.45, 2.75) is 26.4 Å². The van der Waals surface area contributed by atoms with Gasteiger partial charge in [-0.1, -0.05) is 6.92 Å². The van der Waals surface area contributed by atoms with Crippen LogP contribution in [0.5, 0.6) is 0 Å². The zero-order chi connectivity index (χ0) is 7.28. The molecular formula is C6H13NOS. The highest BCUT2D eigenvalue weighted by Crippen LogP contribution is 1.94. The van der Waals surface area contributed by atoms with Gasteiger partial charge >= 0.3 is 0 Å². The topological polar surface area (TPSA) is 21.3 Å². The third kappa shape index (κ3) is 4.21. The molecule has 0 saturated carbocycles. The lowest BCUT2D eigenvalue weighted by Gasteiger charge is -2.11. The van der Waals surface area contributed by atoms with Crippen LogP contribution in [0, 0.1) is 0 Å². The monoisotopic (exact) mass is 147 g/mol. The molecule has 0 bridgehead atoms. The minimum atomic E-state index is 0.227. The third-order valence-corrected chi connectivity index (χ3v) is 1.39. The Labute approximate surface area is 61.6 Å². The van der Waals surface area contributed by atoms with Crippen molar-refractivity contribution in [1.82, 2.24) is 5.32 Å². The van der Waals surface area contributed by atoms with Crippen LogP contribution in [0.1, 0.15) is 20.3 Å². The van der Waals surface area contributed by atoms with Gasteiger partial charge in [0.15, 0.2) is 0 Å². The summed E-state index contributed by atoms with van der Waals surface area (Å²) in [5.74, 6) is 0. The van der Waals surface area contributed by atoms with Gasteiger partial charge in [-0.3, -0.25) is 0 Å². The molecule has 0 fully saturated rings. The molecule has 0 aliphatic carbocycles. The highest BCUT2D eigenvalue weighted by Gasteiger charge is 1.99. The lowest BCUT2D eigenvalue weighted by atomic mass is 10.3. The van der Waals surface area contributed by atoms with Gasteiger partial charge in [0.05, 0.1) is 6.10 Å². The van der Waals surface area contributed by atoms with Crippen molar-refractivity contribution in [3.05, 3.63) is 0 Å². The van der Waals surface area contributed by atoms with E-state index in [1.54, 1.807) is 7.05 Å². The standard InChI is InChI=1S/C6H13NOS/c1-4-5(2)8-6(9)7-3/h5H,4H2,1-3H3,(H,7,9). The highest BCUT2D eigenvalue weighted by atomic mass is 32.1. The first kappa shape index (κ1) is 8.69. The summed E-state index contributed by atoms with van der Waals surface area (Å²) in [5.41, 5.74) is 0. The average Bonchev–Trinajstić information content (AvgIpc) is 1.87. The van der Waals surface area contributed by atoms with Gasteiger partial charge in [-0.25, -0.2) is 0 Å². The van der Waals surface area contributed by atoms with Gasteiger partial charge in [0.2, 0.25) is 0 Å². The predicted octanol–water partition coefficient (Wildman–Crippen LogP) is 1.31. The maximum atomic E-state index is 5.17. The molecule has 0 aromatic carbocycles. The minimum absolute atomic E-state index is 0.227. The van der Waals surface area contributed by atoms with E-state index < -0.39 is 0 Å². The van der Waals surface area contributed by atoms with Crippen molar-refractivity contribution < 1.29 is 4.74 Å². The van der Waals surface area contributed by atoms with E-state index >= 15 is 0 Å². The molecule has 54 valence electrons. The molecule has 3 heteroatoms. The number of hydrogen-bond donors (Lipinski definition) is 1. The Bertz CT molecular complexity index is 95.1. The Morgan fingerprint density at radius 1 is 1.78 bits per heavy atom. The van der Waals surface area contributed by atoms with Crippen molar-refractivity contribution in [2.24, 2.45) is 0 Å². The molecule has 1 unspecified atom stereocenters. The Balaban J connectivity index is 3.34. The molecule has 1 N–H and O–H groups in total. The summed E-state index contributed by atoms with van der Waals surface area (Å²) in [7, 11) is 1.75. The summed E-state index contributed by atoms with van der Waals surface area (Å²) < 4.78 is 5.17. The van der Waals surface area contributed by atoms with E-state index in [-0.39, 0.29) is 6.10 Å². The number of nitrogens with one attached hydrogen (secondary N) is 1. The van der Waals surface area contributed by atoms with Gasteiger partial charge in [-0.15, -0.1) is 0 Å². The molecule has 2 nitrogen and oxygen atoms in total. The van der Waals surface area contributed by atoms with Gasteiger partial charge in [0.25, 0.3) is 5.17 Å². The van der Waals surface area contributed by atoms with E-state index in [2.05, 4.69) is 12.2 Å². The van der Waals surface area contributed by atoms with E-state index in [1.807, 2.05) is 6.92 Å². The van der Waals surface area contributed by atoms with Crippen LogP contribution in [0.25, 0.3) is 0 Å². The molecule has 9 heavy (non-hydrogen) atoms. The molecule has 0 amide bonds. The second kappa shape index (κ2) is 4.56. The number of rotatable bonds is 2. The molecule has 0 saturated heterocycles. The SMILES string of the molecule is CCC(C)OC(=S)NC. The normalized spacial score (nSPS) is 12.3. The fourth-order valence-corrected chi connectivity index (χ4v) is 0.489. The Hall–Kier alpha value is -0.310. The molecule has 1 atom stereocenters. The first-order valence-corrected chi connectivity index (χ1v) is 3.49. The third-order valence-electron chi connectivity index (χ3n) is 1.09. The van der Waals surface area contributed by atoms with Crippen molar-refractivity contribution in [1.29, 1.82) is 0 Å². The zero-order valence-corrected chi connectivity index (χ0v) is 6.92. The van der Waals surface area contributed by atoms with Crippen LogP contribution >= 0.6 is 12.2 Å². The van der Waals surface area contributed by atoms with E-state index in [1.165, 1.54) is 0 Å². The van der Waals surface area contributed by atoms with Crippen molar-refractivity contribution in [3.63, 3.8) is 0 Å². The van der Waals surface area contributed by atoms with E-state index in [9.17, 15) is 0 Å². The number of hydrogen-bond acceptors (Lipinski definition) is 2. The fraction of sp³-hybridized carbons (Fsp3) is 0.833. The van der Waals surface area contributed by atoms with Crippen LogP contribution < -0.4 is 5.32 Å². The summed E-state index contributed by atoms with van der Waals surface area (Å²) in [6.07, 6.45) is 1.21. The number of thiocarbonyl (C=S) groups is 1. The van der Waals surface area contributed by atoms with Crippen molar-refractivity contribution >= 4 is 17.4 Å². The molecular weight excluding hydrogens is 134 g/mol. The summed E-state index contributed by atoms with van der Waals surface area (Å²) >= 11 is 4.76. The average molecular weight is 147 g/mol. The lowest BCUT2D eigenvalue weighted by Crippen LogP contribution is -2.23. The summed E-state index contributed by atoms with van der Waals surface area (Å²) in [5, 5.41) is 3.22. The predicted molar refractivity (Wildman–Crippen MR) is 42.5 cm³/mol. The second-order valence-corrected chi connectivity index (χ2v) is 2.24. The Morgan fingerprint density at radius 3 is 2.67 bits per heavy atom. The molecule has 0 radical (unpaired) electrons. The molecule has 0 spiro atoms. The smallest absolute Gasteiger partial charge is 0.256 e. The first-order chi connectivity index (χ1) is 4.20. The van der Waals surface area contributed by atoms with Crippen LogP contribution in [0.15, 0.2) is 0 Å². The van der Waals surface area contributed by atoms with Gasteiger partial charge in [0, 0.05) is 7.05 Å². The largest absolute Gasteiger partial charge is 0.468 e. The van der Waals surface area contributed by atoms with Crippen LogP contribution in [0.2, 0.25) is 0 Å². The van der Waals surface area contributed by atoms with Gasteiger partial charge < -0.3 is 10.1 Å². The minimum Gasteiger partial charge on any atom is -0.468 e. The van der Waals surface area contributed by atoms with Gasteiger partial charge in [-0.05, 0) is 25.6 Å². The highest BCUT2D eigenvalue weighted by molar-refractivity contribution is 7.80. The van der Waals surface area contributed by atoms with Gasteiger partial charge in [-0.2, -0.15) is 0 Å². The van der Waals surface area contributed by atoms with Crippen LogP contribution in [0.3, 0.4) is 0 Å². The fourth-order valence-electron chi connectivity index (χ4n) is 0.325. The zero-order valence-electron chi connectivity index (χ0n) is 6.10. The van der Waals surface area contributed by atoms with Crippen molar-refractivity contribution in [2.75, 3.05) is 7.05 Å². The Morgan fingerprint density at radius 2 is 2.33 bits per heavy atom. The molecule has 0 heterocycles. The maximum Gasteiger partial charge on any atom is 0.256 e. The summed E-state index contributed by atoms with van der Waals surface area (Å²) in [6.45, 7) is 4.05. The lowest BCUT2D eigenvalue weighted by molar-refractivity contribution is 0.202. The second-order valence-electron chi connectivity index (χ2n) is 1.87.